The van der Waals surface area contributed by atoms with Crippen LogP contribution in [0.1, 0.15) is 200 Å². The molecule has 2 aliphatic carbocycles. The average molecular weight is 1060 g/mol. The Morgan fingerprint density at radius 1 is 0.500 bits per heavy atom. The Labute approximate surface area is 447 Å². The molecule has 1 saturated heterocycles. The number of alkyl carbamates (subject to hydrolysis) is 3. The molecule has 1 heterocycles. The summed E-state index contributed by atoms with van der Waals surface area (Å²) >= 11 is 0. The molecule has 0 bridgehead atoms. The van der Waals surface area contributed by atoms with Gasteiger partial charge in [0.25, 0.3) is 0 Å². The van der Waals surface area contributed by atoms with Gasteiger partial charge in [-0.05, 0) is 147 Å². The van der Waals surface area contributed by atoms with Gasteiger partial charge in [-0.25, -0.2) is 14.4 Å². The van der Waals surface area contributed by atoms with Crippen LogP contribution in [-0.4, -0.2) is 159 Å². The first kappa shape index (κ1) is 65.3. The molecular weight excluding hydrogens is 949 g/mol. The lowest BCUT2D eigenvalue weighted by molar-refractivity contribution is -0.147. The number of unbranched alkanes of at least 4 members (excludes halogenated alkanes) is 12. The second-order valence-electron chi connectivity index (χ2n) is 21.2. The van der Waals surface area contributed by atoms with Gasteiger partial charge in [-0.1, -0.05) is 58.3 Å². The quantitative estimate of drug-likeness (QED) is 0.0226. The second-order valence-corrected chi connectivity index (χ2v) is 21.2. The topological polar surface area (TPSA) is 190 Å². The molecule has 3 N–H and O–H groups in total. The van der Waals surface area contributed by atoms with E-state index in [1.807, 2.05) is 0 Å². The molecule has 3 amide bonds. The summed E-state index contributed by atoms with van der Waals surface area (Å²) in [5, 5.41) is 8.68. The maximum Gasteiger partial charge on any atom is 0.407 e. The number of nitrogens with one attached hydrogen (secondary N) is 3. The van der Waals surface area contributed by atoms with Crippen molar-refractivity contribution in [2.45, 2.75) is 224 Å². The summed E-state index contributed by atoms with van der Waals surface area (Å²) in [7, 11) is 1.55. The number of hydrogen-bond donors (Lipinski definition) is 3. The minimum Gasteiger partial charge on any atom is -0.462 e. The summed E-state index contributed by atoms with van der Waals surface area (Å²) in [6.45, 7) is 14.2. The Kier molecular flexibility index (Phi) is 39.8. The molecule has 3 aliphatic rings. The van der Waals surface area contributed by atoms with E-state index in [0.717, 1.165) is 200 Å². The lowest BCUT2D eigenvalue weighted by atomic mass is 9.75. The van der Waals surface area contributed by atoms with Crippen LogP contribution >= 0.6 is 0 Å². The van der Waals surface area contributed by atoms with Crippen LogP contribution < -0.4 is 16.0 Å². The van der Waals surface area contributed by atoms with Gasteiger partial charge in [-0.15, -0.1) is 0 Å². The zero-order chi connectivity index (χ0) is 52.9. The van der Waals surface area contributed by atoms with Gasteiger partial charge in [0, 0.05) is 111 Å². The van der Waals surface area contributed by atoms with Crippen molar-refractivity contribution in [3.8, 4) is 0 Å². The Morgan fingerprint density at radius 2 is 0.959 bits per heavy atom. The van der Waals surface area contributed by atoms with E-state index in [1.54, 1.807) is 7.05 Å². The Morgan fingerprint density at radius 3 is 1.45 bits per heavy atom. The number of carbonyl (C=O) groups excluding carboxylic acids is 4. The number of hydrogen-bond acceptors (Lipinski definition) is 14. The third-order valence-corrected chi connectivity index (χ3v) is 14.4. The zero-order valence-corrected chi connectivity index (χ0v) is 46.8. The molecule has 0 spiro atoms. The first-order valence-corrected chi connectivity index (χ1v) is 29.8. The molecule has 0 radical (unpaired) electrons. The van der Waals surface area contributed by atoms with Crippen LogP contribution in [0, 0.1) is 11.8 Å². The summed E-state index contributed by atoms with van der Waals surface area (Å²) in [5.74, 6) is 1.01. The first-order valence-electron chi connectivity index (χ1n) is 29.8. The predicted molar refractivity (Wildman–Crippen MR) is 289 cm³/mol. The minimum atomic E-state index is -0.474. The maximum atomic E-state index is 13.0. The van der Waals surface area contributed by atoms with Gasteiger partial charge < -0.3 is 58.6 Å². The molecule has 2 saturated carbocycles. The average Bonchev–Trinajstić information content (AvgIpc) is 4.10. The summed E-state index contributed by atoms with van der Waals surface area (Å²) in [5.41, 5.74) is 0. The van der Waals surface area contributed by atoms with E-state index in [1.165, 1.54) is 32.1 Å². The number of carbonyl (C=O) groups is 4. The lowest BCUT2D eigenvalue weighted by Crippen LogP contribution is -2.42. The van der Waals surface area contributed by atoms with Gasteiger partial charge in [0.2, 0.25) is 0 Å². The molecule has 1 aliphatic heterocycles. The Balaban J connectivity index is 1.05. The van der Waals surface area contributed by atoms with E-state index in [-0.39, 0.29) is 36.8 Å². The SMILES string of the molecule is CCCCCCCCCC(=O)OCC(CN1CC1C)OC(=O)NC1CCC(CC2CCCC(NC(=O)OCCCCOCCCCOCCCCOCCCCOCCCCOCCCCOC(=O)NC)C2)CC1. The van der Waals surface area contributed by atoms with E-state index in [0.29, 0.717) is 63.9 Å². The standard InChI is InChI=1S/C57H106N4O13/c1-4-5-6-7-8-9-10-26-54(62)73-47-53(46-61-45-48(61)2)74-57(65)59-51-29-27-49(28-30-51)43-50-24-23-25-52(44-50)60-56(64)72-42-22-20-40-70-38-18-16-36-68-34-14-12-32-66-31-11-13-33-67-35-15-17-37-69-39-19-21-41-71-55(63)58-3/h48-53H,4-47H2,1-3H3,(H,58,63)(H,59,65)(H,60,64). The normalized spacial score (nSPS) is 20.9. The molecule has 3 rings (SSSR count). The zero-order valence-electron chi connectivity index (χ0n) is 46.8. The smallest absolute Gasteiger partial charge is 0.407 e. The van der Waals surface area contributed by atoms with Crippen LogP contribution in [0.25, 0.3) is 0 Å². The summed E-state index contributed by atoms with van der Waals surface area (Å²) < 4.78 is 50.5. The van der Waals surface area contributed by atoms with Crippen molar-refractivity contribution in [3.05, 3.63) is 0 Å². The van der Waals surface area contributed by atoms with Crippen LogP contribution in [0.15, 0.2) is 0 Å². The highest BCUT2D eigenvalue weighted by Crippen LogP contribution is 2.35. The van der Waals surface area contributed by atoms with E-state index < -0.39 is 12.2 Å². The third kappa shape index (κ3) is 36.9. The molecule has 5 unspecified atom stereocenters. The number of esters is 1. The van der Waals surface area contributed by atoms with Crippen molar-refractivity contribution in [2.24, 2.45) is 11.8 Å². The summed E-state index contributed by atoms with van der Waals surface area (Å²) in [6, 6.07) is 0.720. The van der Waals surface area contributed by atoms with Gasteiger partial charge >= 0.3 is 24.2 Å². The van der Waals surface area contributed by atoms with E-state index in [2.05, 4.69) is 34.7 Å². The fourth-order valence-corrected chi connectivity index (χ4v) is 9.78. The fourth-order valence-electron chi connectivity index (χ4n) is 9.78. The third-order valence-electron chi connectivity index (χ3n) is 14.4. The largest absolute Gasteiger partial charge is 0.462 e. The maximum absolute atomic E-state index is 13.0. The minimum absolute atomic E-state index is 0.0944. The molecule has 0 aromatic heterocycles. The highest BCUT2D eigenvalue weighted by atomic mass is 16.6. The van der Waals surface area contributed by atoms with Gasteiger partial charge in [-0.3, -0.25) is 9.69 Å². The molecule has 5 atom stereocenters. The lowest BCUT2D eigenvalue weighted by Gasteiger charge is -2.35. The van der Waals surface area contributed by atoms with Crippen LogP contribution in [0.2, 0.25) is 0 Å². The molecule has 0 aromatic carbocycles. The summed E-state index contributed by atoms with van der Waals surface area (Å²) in [6.07, 6.45) is 27.7. The summed E-state index contributed by atoms with van der Waals surface area (Å²) in [4.78, 5) is 51.3. The molecule has 17 heteroatoms. The molecule has 0 aromatic rings. The molecular formula is C57H106N4O13. The second kappa shape index (κ2) is 45.1. The van der Waals surface area contributed by atoms with Gasteiger partial charge in [-0.2, -0.15) is 0 Å². The number of rotatable bonds is 47. The van der Waals surface area contributed by atoms with E-state index in [4.69, 9.17) is 42.6 Å². The van der Waals surface area contributed by atoms with E-state index in [9.17, 15) is 19.2 Å². The van der Waals surface area contributed by atoms with Gasteiger partial charge in [0.15, 0.2) is 6.10 Å². The Hall–Kier alpha value is -2.96. The van der Waals surface area contributed by atoms with Crippen molar-refractivity contribution < 1.29 is 61.8 Å². The van der Waals surface area contributed by atoms with Crippen LogP contribution in [0.5, 0.6) is 0 Å². The number of ether oxygens (including phenoxy) is 9. The van der Waals surface area contributed by atoms with Crippen molar-refractivity contribution in [3.63, 3.8) is 0 Å². The molecule has 17 nitrogen and oxygen atoms in total. The van der Waals surface area contributed by atoms with Crippen molar-refractivity contribution >= 4 is 24.2 Å². The van der Waals surface area contributed by atoms with Crippen molar-refractivity contribution in [2.75, 3.05) is 106 Å². The Bertz CT molecular complexity index is 1390. The fraction of sp³-hybridized carbons (Fsp3) is 0.930. The monoisotopic (exact) mass is 1050 g/mol. The van der Waals surface area contributed by atoms with Crippen LogP contribution in [-0.2, 0) is 47.4 Å². The van der Waals surface area contributed by atoms with Crippen molar-refractivity contribution in [1.29, 1.82) is 0 Å². The molecule has 3 fully saturated rings. The number of amides is 3. The molecule has 74 heavy (non-hydrogen) atoms. The number of nitrogens with zero attached hydrogens (tertiary/aromatic N) is 1. The van der Waals surface area contributed by atoms with E-state index >= 15 is 0 Å². The van der Waals surface area contributed by atoms with Crippen LogP contribution in [0.4, 0.5) is 14.4 Å². The van der Waals surface area contributed by atoms with Gasteiger partial charge in [0.1, 0.15) is 6.61 Å². The highest BCUT2D eigenvalue weighted by Gasteiger charge is 2.34. The predicted octanol–water partition coefficient (Wildman–Crippen LogP) is 10.8. The van der Waals surface area contributed by atoms with Crippen LogP contribution in [0.3, 0.4) is 0 Å². The first-order chi connectivity index (χ1) is 36.2. The molecule has 432 valence electrons. The van der Waals surface area contributed by atoms with Crippen molar-refractivity contribution in [1.82, 2.24) is 20.9 Å². The highest BCUT2D eigenvalue weighted by molar-refractivity contribution is 5.70. The van der Waals surface area contributed by atoms with Gasteiger partial charge in [0.05, 0.1) is 13.2 Å².